The van der Waals surface area contributed by atoms with Crippen LogP contribution in [0.5, 0.6) is 0 Å². The first-order valence-electron chi connectivity index (χ1n) is 6.68. The third-order valence-electron chi connectivity index (χ3n) is 4.40. The summed E-state index contributed by atoms with van der Waals surface area (Å²) in [6, 6.07) is 6.56. The molecule has 0 aliphatic heterocycles. The molecule has 1 fully saturated rings. The van der Waals surface area contributed by atoms with E-state index in [1.54, 1.807) is 12.1 Å². The van der Waals surface area contributed by atoms with E-state index in [9.17, 15) is 15.2 Å². The van der Waals surface area contributed by atoms with Gasteiger partial charge in [0.25, 0.3) is 5.69 Å². The summed E-state index contributed by atoms with van der Waals surface area (Å²) in [4.78, 5) is 10.3. The lowest BCUT2D eigenvalue weighted by atomic mass is 9.71. The molecule has 0 saturated heterocycles. The van der Waals surface area contributed by atoms with Gasteiger partial charge in [0.2, 0.25) is 0 Å². The molecule has 0 aromatic heterocycles. The van der Waals surface area contributed by atoms with Crippen LogP contribution in [-0.4, -0.2) is 23.2 Å². The molecule has 19 heavy (non-hydrogen) atoms. The molecular formula is C14H20N2O3. The summed E-state index contributed by atoms with van der Waals surface area (Å²) >= 11 is 0. The SMILES string of the molecule is NCC(c1ccc([N+](=O)[O-])cc1)C1(CO)CCCC1. The number of aliphatic hydroxyl groups excluding tert-OH is 1. The van der Waals surface area contributed by atoms with Crippen molar-refractivity contribution in [1.82, 2.24) is 0 Å². The van der Waals surface area contributed by atoms with Gasteiger partial charge in [-0.1, -0.05) is 25.0 Å². The topological polar surface area (TPSA) is 89.4 Å². The Hall–Kier alpha value is -1.46. The fourth-order valence-corrected chi connectivity index (χ4v) is 3.26. The predicted molar refractivity (Wildman–Crippen MR) is 72.9 cm³/mol. The van der Waals surface area contributed by atoms with Crippen molar-refractivity contribution in [3.05, 3.63) is 39.9 Å². The van der Waals surface area contributed by atoms with Gasteiger partial charge in [0.05, 0.1) is 4.92 Å². The van der Waals surface area contributed by atoms with E-state index in [2.05, 4.69) is 0 Å². The van der Waals surface area contributed by atoms with Gasteiger partial charge in [0.1, 0.15) is 0 Å². The molecule has 0 heterocycles. The van der Waals surface area contributed by atoms with Crippen LogP contribution < -0.4 is 5.73 Å². The predicted octanol–water partition coefficient (Wildman–Crippen LogP) is 2.19. The van der Waals surface area contributed by atoms with Gasteiger partial charge in [0.15, 0.2) is 0 Å². The van der Waals surface area contributed by atoms with Crippen LogP contribution in [-0.2, 0) is 0 Å². The van der Waals surface area contributed by atoms with Crippen LogP contribution in [0.1, 0.15) is 37.2 Å². The van der Waals surface area contributed by atoms with Gasteiger partial charge in [-0.15, -0.1) is 0 Å². The Morgan fingerprint density at radius 2 is 1.89 bits per heavy atom. The summed E-state index contributed by atoms with van der Waals surface area (Å²) in [5, 5.41) is 20.4. The molecule has 0 spiro atoms. The molecule has 1 atom stereocenters. The zero-order chi connectivity index (χ0) is 13.9. The van der Waals surface area contributed by atoms with Crippen molar-refractivity contribution >= 4 is 5.69 Å². The Morgan fingerprint density at radius 3 is 2.32 bits per heavy atom. The summed E-state index contributed by atoms with van der Waals surface area (Å²) in [7, 11) is 0. The first-order valence-corrected chi connectivity index (χ1v) is 6.68. The van der Waals surface area contributed by atoms with E-state index in [1.807, 2.05) is 0 Å². The second-order valence-electron chi connectivity index (χ2n) is 5.36. The molecule has 0 amide bonds. The summed E-state index contributed by atoms with van der Waals surface area (Å²) in [6.45, 7) is 0.588. The van der Waals surface area contributed by atoms with E-state index >= 15 is 0 Å². The number of aliphatic hydroxyl groups is 1. The Kier molecular flexibility index (Phi) is 4.17. The third kappa shape index (κ3) is 2.62. The summed E-state index contributed by atoms with van der Waals surface area (Å²) < 4.78 is 0. The Balaban J connectivity index is 2.28. The van der Waals surface area contributed by atoms with Crippen LogP contribution in [0.15, 0.2) is 24.3 Å². The van der Waals surface area contributed by atoms with Crippen molar-refractivity contribution in [2.24, 2.45) is 11.1 Å². The molecule has 1 aromatic carbocycles. The normalized spacial score (nSPS) is 19.3. The smallest absolute Gasteiger partial charge is 0.269 e. The van der Waals surface area contributed by atoms with Crippen LogP contribution in [0.25, 0.3) is 0 Å². The molecular weight excluding hydrogens is 244 g/mol. The zero-order valence-electron chi connectivity index (χ0n) is 10.9. The Bertz CT molecular complexity index is 439. The summed E-state index contributed by atoms with van der Waals surface area (Å²) in [5.41, 5.74) is 6.83. The molecule has 5 heteroatoms. The maximum Gasteiger partial charge on any atom is 0.269 e. The molecule has 104 valence electrons. The summed E-state index contributed by atoms with van der Waals surface area (Å²) in [5.74, 6) is 0.0702. The highest BCUT2D eigenvalue weighted by Gasteiger charge is 2.40. The van der Waals surface area contributed by atoms with Crippen LogP contribution in [0.2, 0.25) is 0 Å². The first-order chi connectivity index (χ1) is 9.13. The van der Waals surface area contributed by atoms with Crippen LogP contribution in [0.3, 0.4) is 0 Å². The molecule has 1 unspecified atom stereocenters. The lowest BCUT2D eigenvalue weighted by molar-refractivity contribution is -0.384. The number of nitro groups is 1. The van der Waals surface area contributed by atoms with E-state index in [1.165, 1.54) is 12.1 Å². The molecule has 5 nitrogen and oxygen atoms in total. The quantitative estimate of drug-likeness (QED) is 0.630. The third-order valence-corrected chi connectivity index (χ3v) is 4.40. The monoisotopic (exact) mass is 264 g/mol. The van der Waals surface area contributed by atoms with Crippen molar-refractivity contribution in [3.8, 4) is 0 Å². The fourth-order valence-electron chi connectivity index (χ4n) is 3.26. The molecule has 3 N–H and O–H groups in total. The fraction of sp³-hybridized carbons (Fsp3) is 0.571. The first kappa shape index (κ1) is 14.0. The van der Waals surface area contributed by atoms with Crippen LogP contribution in [0.4, 0.5) is 5.69 Å². The number of rotatable bonds is 5. The van der Waals surface area contributed by atoms with Gasteiger partial charge < -0.3 is 10.8 Å². The maximum atomic E-state index is 10.7. The van der Waals surface area contributed by atoms with Crippen molar-refractivity contribution < 1.29 is 10.0 Å². The van der Waals surface area contributed by atoms with Crippen molar-refractivity contribution in [3.63, 3.8) is 0 Å². The molecule has 1 aliphatic rings. The van der Waals surface area contributed by atoms with E-state index in [4.69, 9.17) is 5.73 Å². The molecule has 0 bridgehead atoms. The van der Waals surface area contributed by atoms with Gasteiger partial charge >= 0.3 is 0 Å². The zero-order valence-corrected chi connectivity index (χ0v) is 10.9. The van der Waals surface area contributed by atoms with Gasteiger partial charge in [-0.3, -0.25) is 10.1 Å². The number of nitro benzene ring substituents is 1. The second-order valence-corrected chi connectivity index (χ2v) is 5.36. The Labute approximate surface area is 112 Å². The van der Waals surface area contributed by atoms with Gasteiger partial charge in [0, 0.05) is 30.1 Å². The van der Waals surface area contributed by atoms with E-state index in [0.29, 0.717) is 6.54 Å². The standard InChI is InChI=1S/C14H20N2O3/c15-9-13(14(10-17)7-1-2-8-14)11-3-5-12(6-4-11)16(18)19/h3-6,13,17H,1-2,7-10,15H2. The number of benzene rings is 1. The van der Waals surface area contributed by atoms with Crippen molar-refractivity contribution in [2.75, 3.05) is 13.2 Å². The van der Waals surface area contributed by atoms with Crippen LogP contribution in [0, 0.1) is 15.5 Å². The van der Waals surface area contributed by atoms with E-state index in [-0.39, 0.29) is 23.6 Å². The Morgan fingerprint density at radius 1 is 1.32 bits per heavy atom. The number of hydrogen-bond donors (Lipinski definition) is 2. The number of non-ortho nitro benzene ring substituents is 1. The number of nitrogens with zero attached hydrogens (tertiary/aromatic N) is 1. The lowest BCUT2D eigenvalue weighted by Gasteiger charge is -2.35. The lowest BCUT2D eigenvalue weighted by Crippen LogP contribution is -2.34. The molecule has 0 radical (unpaired) electrons. The maximum absolute atomic E-state index is 10.7. The highest BCUT2D eigenvalue weighted by atomic mass is 16.6. The minimum Gasteiger partial charge on any atom is -0.396 e. The second kappa shape index (κ2) is 5.67. The molecule has 1 aromatic rings. The summed E-state index contributed by atoms with van der Waals surface area (Å²) in [6.07, 6.45) is 4.18. The molecule has 2 rings (SSSR count). The van der Waals surface area contributed by atoms with Crippen LogP contribution >= 0.6 is 0 Å². The average molecular weight is 264 g/mol. The van der Waals surface area contributed by atoms with Gasteiger partial charge in [-0.25, -0.2) is 0 Å². The van der Waals surface area contributed by atoms with E-state index in [0.717, 1.165) is 31.2 Å². The van der Waals surface area contributed by atoms with Crippen molar-refractivity contribution in [2.45, 2.75) is 31.6 Å². The van der Waals surface area contributed by atoms with E-state index < -0.39 is 4.92 Å². The minimum absolute atomic E-state index is 0.0702. The minimum atomic E-state index is -0.404. The highest BCUT2D eigenvalue weighted by Crippen LogP contribution is 2.48. The molecule has 1 saturated carbocycles. The largest absolute Gasteiger partial charge is 0.396 e. The number of hydrogen-bond acceptors (Lipinski definition) is 4. The number of nitrogens with two attached hydrogens (primary N) is 1. The van der Waals surface area contributed by atoms with Gasteiger partial charge in [-0.05, 0) is 24.9 Å². The molecule has 1 aliphatic carbocycles. The highest BCUT2D eigenvalue weighted by molar-refractivity contribution is 5.35. The average Bonchev–Trinajstić information content (AvgIpc) is 2.90. The van der Waals surface area contributed by atoms with Gasteiger partial charge in [-0.2, -0.15) is 0 Å². The van der Waals surface area contributed by atoms with Crippen molar-refractivity contribution in [1.29, 1.82) is 0 Å².